The van der Waals surface area contributed by atoms with Gasteiger partial charge in [0.05, 0.1) is 16.9 Å². The van der Waals surface area contributed by atoms with Gasteiger partial charge in [-0.15, -0.1) is 0 Å². The number of anilines is 3. The number of pyridine rings is 1. The molecule has 2 aromatic carbocycles. The SMILES string of the molecule is CN(C)CCOc1ccc(C(F)(F)F)cc1NC(=O)Nc1cccc(-c2cn3ccnc3c(NCc3ccncc3)n2)c1. The Morgan fingerprint density at radius 1 is 1.02 bits per heavy atom. The zero-order valence-corrected chi connectivity index (χ0v) is 23.4. The third-order valence-electron chi connectivity index (χ3n) is 6.35. The molecule has 43 heavy (non-hydrogen) atoms. The van der Waals surface area contributed by atoms with Gasteiger partial charge in [0.15, 0.2) is 11.5 Å². The first kappa shape index (κ1) is 29.3. The van der Waals surface area contributed by atoms with E-state index in [1.807, 2.05) is 47.8 Å². The van der Waals surface area contributed by atoms with Crippen LogP contribution in [0.4, 0.5) is 35.2 Å². The molecule has 0 unspecified atom stereocenters. The van der Waals surface area contributed by atoms with Crippen molar-refractivity contribution in [3.8, 4) is 17.0 Å². The fourth-order valence-electron chi connectivity index (χ4n) is 4.18. The van der Waals surface area contributed by atoms with Gasteiger partial charge in [-0.2, -0.15) is 13.2 Å². The second-order valence-electron chi connectivity index (χ2n) is 9.86. The van der Waals surface area contributed by atoms with Crippen molar-refractivity contribution in [2.45, 2.75) is 12.7 Å². The molecule has 0 aliphatic carbocycles. The van der Waals surface area contributed by atoms with E-state index in [-0.39, 0.29) is 18.0 Å². The quantitative estimate of drug-likeness (QED) is 0.183. The number of carbonyl (C=O) groups excluding carboxylic acids is 1. The van der Waals surface area contributed by atoms with E-state index in [2.05, 4.69) is 25.9 Å². The lowest BCUT2D eigenvalue weighted by atomic mass is 10.1. The number of aromatic nitrogens is 4. The van der Waals surface area contributed by atoms with Gasteiger partial charge in [-0.1, -0.05) is 12.1 Å². The van der Waals surface area contributed by atoms with Crippen molar-refractivity contribution in [1.29, 1.82) is 0 Å². The molecule has 2 amide bonds. The maximum absolute atomic E-state index is 13.4. The first-order valence-electron chi connectivity index (χ1n) is 13.3. The smallest absolute Gasteiger partial charge is 0.416 e. The average molecular weight is 591 g/mol. The molecular formula is C30H29F3N8O2. The number of fused-ring (bicyclic) bond motifs is 1. The van der Waals surface area contributed by atoms with E-state index in [1.54, 1.807) is 43.0 Å². The molecule has 5 aromatic rings. The van der Waals surface area contributed by atoms with Crippen molar-refractivity contribution < 1.29 is 22.7 Å². The van der Waals surface area contributed by atoms with E-state index in [1.165, 1.54) is 6.07 Å². The Morgan fingerprint density at radius 2 is 1.84 bits per heavy atom. The maximum Gasteiger partial charge on any atom is 0.416 e. The van der Waals surface area contributed by atoms with Crippen molar-refractivity contribution in [3.05, 3.63) is 96.7 Å². The first-order chi connectivity index (χ1) is 20.7. The molecule has 0 aliphatic heterocycles. The highest BCUT2D eigenvalue weighted by atomic mass is 19.4. The number of hydrogen-bond acceptors (Lipinski definition) is 7. The Labute approximate surface area is 245 Å². The number of nitrogens with one attached hydrogen (secondary N) is 3. The molecule has 3 heterocycles. The summed E-state index contributed by atoms with van der Waals surface area (Å²) in [7, 11) is 3.69. The summed E-state index contributed by atoms with van der Waals surface area (Å²) in [4.78, 5) is 28.0. The molecule has 0 aliphatic rings. The van der Waals surface area contributed by atoms with Crippen LogP contribution in [-0.4, -0.2) is 57.5 Å². The van der Waals surface area contributed by atoms with Crippen LogP contribution >= 0.6 is 0 Å². The van der Waals surface area contributed by atoms with Crippen LogP contribution in [0.15, 0.2) is 85.6 Å². The van der Waals surface area contributed by atoms with Crippen molar-refractivity contribution in [1.82, 2.24) is 24.3 Å². The van der Waals surface area contributed by atoms with E-state index < -0.39 is 17.8 Å². The number of hydrogen-bond donors (Lipinski definition) is 3. The average Bonchev–Trinajstić information content (AvgIpc) is 3.46. The van der Waals surface area contributed by atoms with Gasteiger partial charge in [0.25, 0.3) is 0 Å². The lowest BCUT2D eigenvalue weighted by molar-refractivity contribution is -0.137. The number of benzene rings is 2. The molecule has 3 N–H and O–H groups in total. The topological polar surface area (TPSA) is 109 Å². The van der Waals surface area contributed by atoms with E-state index in [0.717, 1.165) is 17.7 Å². The molecule has 0 bridgehead atoms. The molecule has 0 saturated heterocycles. The Hall–Kier alpha value is -5.17. The van der Waals surface area contributed by atoms with Gasteiger partial charge in [-0.3, -0.25) is 4.98 Å². The summed E-state index contributed by atoms with van der Waals surface area (Å²) in [6.45, 7) is 1.28. The van der Waals surface area contributed by atoms with Gasteiger partial charge in [-0.25, -0.2) is 14.8 Å². The van der Waals surface area contributed by atoms with E-state index in [4.69, 9.17) is 9.72 Å². The number of amides is 2. The highest BCUT2D eigenvalue weighted by Gasteiger charge is 2.31. The van der Waals surface area contributed by atoms with E-state index >= 15 is 0 Å². The number of ether oxygens (including phenoxy) is 1. The monoisotopic (exact) mass is 590 g/mol. The van der Waals surface area contributed by atoms with Crippen molar-refractivity contribution in [3.63, 3.8) is 0 Å². The van der Waals surface area contributed by atoms with Crippen LogP contribution in [0.5, 0.6) is 5.75 Å². The van der Waals surface area contributed by atoms with Crippen LogP contribution in [-0.2, 0) is 12.7 Å². The predicted octanol–water partition coefficient (Wildman–Crippen LogP) is 6.01. The lowest BCUT2D eigenvalue weighted by Gasteiger charge is -2.17. The summed E-state index contributed by atoms with van der Waals surface area (Å²) in [5.74, 6) is 0.699. The van der Waals surface area contributed by atoms with Crippen molar-refractivity contribution >= 4 is 28.9 Å². The van der Waals surface area contributed by atoms with Crippen LogP contribution in [0.1, 0.15) is 11.1 Å². The van der Waals surface area contributed by atoms with Crippen LogP contribution in [0.2, 0.25) is 0 Å². The normalized spacial score (nSPS) is 11.5. The summed E-state index contributed by atoms with van der Waals surface area (Å²) in [6, 6.07) is 13.0. The summed E-state index contributed by atoms with van der Waals surface area (Å²) in [5, 5.41) is 8.51. The molecule has 0 atom stereocenters. The van der Waals surface area contributed by atoms with Crippen molar-refractivity contribution in [2.75, 3.05) is 43.2 Å². The number of imidazole rings is 1. The first-order valence-corrected chi connectivity index (χ1v) is 13.3. The highest BCUT2D eigenvalue weighted by Crippen LogP contribution is 2.35. The zero-order chi connectivity index (χ0) is 30.4. The molecular weight excluding hydrogens is 561 g/mol. The largest absolute Gasteiger partial charge is 0.490 e. The third kappa shape index (κ3) is 7.57. The summed E-state index contributed by atoms with van der Waals surface area (Å²) < 4.78 is 47.7. The zero-order valence-electron chi connectivity index (χ0n) is 23.4. The minimum atomic E-state index is -4.58. The minimum Gasteiger partial charge on any atom is -0.490 e. The van der Waals surface area contributed by atoms with Crippen LogP contribution in [0.3, 0.4) is 0 Å². The van der Waals surface area contributed by atoms with Crippen LogP contribution in [0.25, 0.3) is 16.9 Å². The standard InChI is InChI=1S/C30H29F3N8O2/c1-40(2)14-15-43-26-7-6-22(30(31,32)33)17-24(26)39-29(42)37-23-5-3-4-21(16-23)25-19-41-13-12-35-28(41)27(38-25)36-18-20-8-10-34-11-9-20/h3-13,16-17,19H,14-15,18H2,1-2H3,(H,36,38)(H2,37,39,42). The summed E-state index contributed by atoms with van der Waals surface area (Å²) >= 11 is 0. The Kier molecular flexibility index (Phi) is 8.71. The number of halogens is 3. The predicted molar refractivity (Wildman–Crippen MR) is 158 cm³/mol. The highest BCUT2D eigenvalue weighted by molar-refractivity contribution is 6.01. The number of urea groups is 1. The molecule has 0 fully saturated rings. The number of rotatable bonds is 10. The molecule has 222 valence electrons. The summed E-state index contributed by atoms with van der Waals surface area (Å²) in [6.07, 6.45) is 4.14. The third-order valence-corrected chi connectivity index (χ3v) is 6.35. The molecule has 0 radical (unpaired) electrons. The second-order valence-corrected chi connectivity index (χ2v) is 9.86. The molecule has 3 aromatic heterocycles. The number of nitrogens with zero attached hydrogens (tertiary/aromatic N) is 5. The Morgan fingerprint density at radius 3 is 2.60 bits per heavy atom. The van der Waals surface area contributed by atoms with Crippen LogP contribution in [0, 0.1) is 0 Å². The van der Waals surface area contributed by atoms with Crippen molar-refractivity contribution in [2.24, 2.45) is 0 Å². The van der Waals surface area contributed by atoms with E-state index in [0.29, 0.717) is 41.5 Å². The molecule has 0 saturated carbocycles. The van der Waals surface area contributed by atoms with Gasteiger partial charge in [-0.05, 0) is 62.1 Å². The van der Waals surface area contributed by atoms with Gasteiger partial charge in [0, 0.05) is 55.3 Å². The van der Waals surface area contributed by atoms with Crippen LogP contribution < -0.4 is 20.7 Å². The molecule has 0 spiro atoms. The van der Waals surface area contributed by atoms with Gasteiger partial charge in [0.2, 0.25) is 0 Å². The minimum absolute atomic E-state index is 0.0978. The molecule has 5 rings (SSSR count). The van der Waals surface area contributed by atoms with Gasteiger partial charge < -0.3 is 30.0 Å². The fourth-order valence-corrected chi connectivity index (χ4v) is 4.18. The number of alkyl halides is 3. The molecule has 13 heteroatoms. The lowest BCUT2D eigenvalue weighted by Crippen LogP contribution is -2.22. The Balaban J connectivity index is 1.34. The Bertz CT molecular complexity index is 1710. The summed E-state index contributed by atoms with van der Waals surface area (Å²) in [5.41, 5.74) is 2.40. The second kappa shape index (κ2) is 12.8. The molecule has 10 nitrogen and oxygen atoms in total. The number of likely N-dealkylation sites (N-methyl/N-ethyl adjacent to an activating group) is 1. The maximum atomic E-state index is 13.4. The fraction of sp³-hybridized carbons (Fsp3) is 0.200. The number of carbonyl (C=O) groups is 1. The van der Waals surface area contributed by atoms with E-state index in [9.17, 15) is 18.0 Å². The van der Waals surface area contributed by atoms with Gasteiger partial charge >= 0.3 is 12.2 Å². The van der Waals surface area contributed by atoms with Gasteiger partial charge in [0.1, 0.15) is 12.4 Å².